The molecule has 166 valence electrons. The molecule has 1 unspecified atom stereocenters. The van der Waals surface area contributed by atoms with Crippen LogP contribution in [0.2, 0.25) is 0 Å². The Morgan fingerprint density at radius 3 is 2.53 bits per heavy atom. The summed E-state index contributed by atoms with van der Waals surface area (Å²) in [6.45, 7) is 3.34. The van der Waals surface area contributed by atoms with Crippen LogP contribution in [0.15, 0.2) is 60.8 Å². The number of nitrogens with one attached hydrogen (secondary N) is 1. The maximum atomic E-state index is 14.0. The molecule has 1 heterocycles. The summed E-state index contributed by atoms with van der Waals surface area (Å²) < 4.78 is 20.4. The zero-order valence-corrected chi connectivity index (χ0v) is 17.4. The van der Waals surface area contributed by atoms with Gasteiger partial charge in [0.2, 0.25) is 0 Å². The lowest BCUT2D eigenvalue weighted by Gasteiger charge is -2.19. The summed E-state index contributed by atoms with van der Waals surface area (Å²) in [6, 6.07) is 12.1. The van der Waals surface area contributed by atoms with Crippen molar-refractivity contribution in [3.05, 3.63) is 88.0 Å². The quantitative estimate of drug-likeness (QED) is 0.324. The van der Waals surface area contributed by atoms with E-state index in [0.29, 0.717) is 0 Å². The van der Waals surface area contributed by atoms with Crippen LogP contribution < -0.4 is 5.32 Å². The molecule has 0 saturated heterocycles. The first-order valence-corrected chi connectivity index (χ1v) is 9.80. The summed E-state index contributed by atoms with van der Waals surface area (Å²) >= 11 is 0. The van der Waals surface area contributed by atoms with Crippen molar-refractivity contribution in [3.63, 3.8) is 0 Å². The molecule has 1 amide bonds. The molecule has 3 rings (SSSR count). The highest BCUT2D eigenvalue weighted by Crippen LogP contribution is 2.28. The number of nitro benzene ring substituents is 1. The van der Waals surface area contributed by atoms with Gasteiger partial charge in [-0.3, -0.25) is 19.7 Å². The van der Waals surface area contributed by atoms with Gasteiger partial charge in [0.15, 0.2) is 5.69 Å². The van der Waals surface area contributed by atoms with Gasteiger partial charge in [-0.05, 0) is 32.0 Å². The molecule has 2 aromatic carbocycles. The number of amides is 1. The Bertz CT molecular complexity index is 1140. The van der Waals surface area contributed by atoms with Crippen molar-refractivity contribution in [1.82, 2.24) is 15.1 Å². The van der Waals surface area contributed by atoms with Crippen molar-refractivity contribution < 1.29 is 23.6 Å². The second-order valence-electron chi connectivity index (χ2n) is 7.18. The highest BCUT2D eigenvalue weighted by atomic mass is 19.1. The number of rotatable bonds is 8. The van der Waals surface area contributed by atoms with E-state index in [0.717, 1.165) is 0 Å². The van der Waals surface area contributed by atoms with Crippen LogP contribution >= 0.6 is 0 Å². The number of benzene rings is 2. The molecule has 0 spiro atoms. The highest BCUT2D eigenvalue weighted by Gasteiger charge is 2.27. The second-order valence-corrected chi connectivity index (χ2v) is 7.18. The van der Waals surface area contributed by atoms with Crippen molar-refractivity contribution in [2.45, 2.75) is 32.4 Å². The van der Waals surface area contributed by atoms with Crippen LogP contribution in [0.1, 0.15) is 42.4 Å². The predicted octanol–water partition coefficient (Wildman–Crippen LogP) is 3.73. The number of hydrogen-bond donors (Lipinski definition) is 1. The van der Waals surface area contributed by atoms with Crippen LogP contribution in [0.4, 0.5) is 10.1 Å². The second kappa shape index (κ2) is 9.82. The van der Waals surface area contributed by atoms with Gasteiger partial charge in [0.05, 0.1) is 29.1 Å². The third-order valence-electron chi connectivity index (χ3n) is 4.47. The minimum absolute atomic E-state index is 0.0472. The van der Waals surface area contributed by atoms with Crippen molar-refractivity contribution in [1.29, 1.82) is 0 Å². The summed E-state index contributed by atoms with van der Waals surface area (Å²) in [7, 11) is 0. The van der Waals surface area contributed by atoms with Crippen LogP contribution in [-0.4, -0.2) is 32.7 Å². The van der Waals surface area contributed by atoms with Crippen LogP contribution in [0.25, 0.3) is 5.69 Å². The number of esters is 1. The molecule has 1 N–H and O–H groups in total. The number of nitrogens with zero attached hydrogens (tertiary/aromatic N) is 3. The van der Waals surface area contributed by atoms with Gasteiger partial charge in [-0.25, -0.2) is 9.07 Å². The van der Waals surface area contributed by atoms with E-state index in [9.17, 15) is 24.1 Å². The maximum Gasteiger partial charge on any atom is 0.308 e. The summed E-state index contributed by atoms with van der Waals surface area (Å²) in [5.41, 5.74) is 0.0171. The summed E-state index contributed by atoms with van der Waals surface area (Å²) in [6.07, 6.45) is 0.712. The molecular weight excluding hydrogens is 419 g/mol. The molecule has 0 bridgehead atoms. The number of carbonyl (C=O) groups excluding carboxylic acids is 2. The number of carbonyl (C=O) groups is 2. The fourth-order valence-electron chi connectivity index (χ4n) is 3.11. The van der Waals surface area contributed by atoms with E-state index in [1.165, 1.54) is 53.3 Å². The minimum Gasteiger partial charge on any atom is -0.463 e. The third-order valence-corrected chi connectivity index (χ3v) is 4.47. The van der Waals surface area contributed by atoms with Crippen molar-refractivity contribution in [3.8, 4) is 5.69 Å². The van der Waals surface area contributed by atoms with E-state index in [1.54, 1.807) is 26.0 Å². The summed E-state index contributed by atoms with van der Waals surface area (Å²) in [5.74, 6) is -1.82. The van der Waals surface area contributed by atoms with Crippen molar-refractivity contribution in [2.75, 3.05) is 0 Å². The van der Waals surface area contributed by atoms with Gasteiger partial charge in [0, 0.05) is 12.3 Å². The van der Waals surface area contributed by atoms with E-state index >= 15 is 0 Å². The number of ether oxygens (including phenoxy) is 1. The fraction of sp³-hybridized carbons (Fsp3) is 0.227. The zero-order valence-electron chi connectivity index (χ0n) is 17.4. The number of halogens is 1. The van der Waals surface area contributed by atoms with E-state index in [4.69, 9.17) is 4.74 Å². The Morgan fingerprint density at radius 2 is 1.84 bits per heavy atom. The maximum absolute atomic E-state index is 14.0. The molecule has 0 aliphatic carbocycles. The van der Waals surface area contributed by atoms with Gasteiger partial charge in [-0.2, -0.15) is 5.10 Å². The van der Waals surface area contributed by atoms with E-state index in [1.807, 2.05) is 0 Å². The number of aromatic nitrogens is 2. The molecule has 0 aliphatic rings. The lowest BCUT2D eigenvalue weighted by molar-refractivity contribution is -0.385. The van der Waals surface area contributed by atoms with Crippen LogP contribution in [0.5, 0.6) is 0 Å². The van der Waals surface area contributed by atoms with Gasteiger partial charge < -0.3 is 10.1 Å². The Hall–Kier alpha value is -4.08. The first kappa shape index (κ1) is 22.6. The Balaban J connectivity index is 1.88. The molecule has 0 saturated carbocycles. The van der Waals surface area contributed by atoms with Crippen molar-refractivity contribution in [2.24, 2.45) is 0 Å². The zero-order chi connectivity index (χ0) is 23.3. The SMILES string of the molecule is CC(C)OC(=O)CC(NC(=O)c1ccn(-c2ccccc2F)n1)c1ccccc1[N+](=O)[O-]. The first-order chi connectivity index (χ1) is 15.3. The molecule has 3 aromatic rings. The monoisotopic (exact) mass is 440 g/mol. The van der Waals surface area contributed by atoms with Crippen LogP contribution in [0.3, 0.4) is 0 Å². The fourth-order valence-corrected chi connectivity index (χ4v) is 3.11. The normalized spacial score (nSPS) is 11.8. The van der Waals surface area contributed by atoms with Crippen LogP contribution in [-0.2, 0) is 9.53 Å². The lowest BCUT2D eigenvalue weighted by atomic mass is 10.0. The standard InChI is InChI=1S/C22H21FN4O5/c1-14(2)32-21(28)13-18(15-7-3-5-9-19(15)27(30)31)24-22(29)17-11-12-26(25-17)20-10-6-4-8-16(20)23/h3-12,14,18H,13H2,1-2H3,(H,24,29). The van der Waals surface area contributed by atoms with Gasteiger partial charge in [0.1, 0.15) is 11.5 Å². The van der Waals surface area contributed by atoms with Crippen molar-refractivity contribution >= 4 is 17.6 Å². The molecule has 10 heteroatoms. The summed E-state index contributed by atoms with van der Waals surface area (Å²) in [5, 5.41) is 18.2. The smallest absolute Gasteiger partial charge is 0.308 e. The highest BCUT2D eigenvalue weighted by molar-refractivity contribution is 5.93. The van der Waals surface area contributed by atoms with Crippen LogP contribution in [0, 0.1) is 15.9 Å². The summed E-state index contributed by atoms with van der Waals surface area (Å²) in [4.78, 5) is 36.0. The average Bonchev–Trinajstić information content (AvgIpc) is 3.23. The molecule has 9 nitrogen and oxygen atoms in total. The van der Waals surface area contributed by atoms with E-state index in [2.05, 4.69) is 10.4 Å². The number of para-hydroxylation sites is 2. The number of nitro groups is 1. The van der Waals surface area contributed by atoms with Gasteiger partial charge >= 0.3 is 5.97 Å². The Labute approximate surface area is 183 Å². The van der Waals surface area contributed by atoms with Gasteiger partial charge in [-0.15, -0.1) is 0 Å². The van der Waals surface area contributed by atoms with E-state index < -0.39 is 28.7 Å². The molecule has 0 radical (unpaired) electrons. The van der Waals surface area contributed by atoms with Gasteiger partial charge in [-0.1, -0.05) is 30.3 Å². The Kier molecular flexibility index (Phi) is 6.93. The van der Waals surface area contributed by atoms with E-state index in [-0.39, 0.29) is 35.2 Å². The predicted molar refractivity (Wildman–Crippen MR) is 113 cm³/mol. The molecule has 0 fully saturated rings. The lowest BCUT2D eigenvalue weighted by Crippen LogP contribution is -2.32. The van der Waals surface area contributed by atoms with Gasteiger partial charge in [0.25, 0.3) is 11.6 Å². The number of hydrogen-bond acceptors (Lipinski definition) is 6. The third kappa shape index (κ3) is 5.34. The average molecular weight is 440 g/mol. The minimum atomic E-state index is -1.03. The molecule has 1 aromatic heterocycles. The molecular formula is C22H21FN4O5. The molecule has 0 aliphatic heterocycles. The molecule has 32 heavy (non-hydrogen) atoms. The topological polar surface area (TPSA) is 116 Å². The first-order valence-electron chi connectivity index (χ1n) is 9.80. The Morgan fingerprint density at radius 1 is 1.16 bits per heavy atom. The molecule has 1 atom stereocenters. The largest absolute Gasteiger partial charge is 0.463 e.